The maximum atomic E-state index is 10.5. The van der Waals surface area contributed by atoms with Gasteiger partial charge in [0.05, 0.1) is 5.75 Å². The van der Waals surface area contributed by atoms with E-state index in [0.717, 1.165) is 5.56 Å². The third-order valence-corrected chi connectivity index (χ3v) is 3.28. The molecule has 0 atom stereocenters. The van der Waals surface area contributed by atoms with Crippen molar-refractivity contribution in [3.8, 4) is 5.75 Å². The summed E-state index contributed by atoms with van der Waals surface area (Å²) >= 11 is 1.19. The number of carboxylic acids is 1. The first kappa shape index (κ1) is 12.5. The molecule has 2 rings (SSSR count). The summed E-state index contributed by atoms with van der Waals surface area (Å²) in [7, 11) is 0. The van der Waals surface area contributed by atoms with Gasteiger partial charge in [0.25, 0.3) is 0 Å². The van der Waals surface area contributed by atoms with Crippen LogP contribution in [0.4, 0.5) is 0 Å². The van der Waals surface area contributed by atoms with Crippen LogP contribution in [0.5, 0.6) is 5.75 Å². The minimum Gasteiger partial charge on any atom is -0.508 e. The van der Waals surface area contributed by atoms with E-state index >= 15 is 0 Å². The van der Waals surface area contributed by atoms with Crippen LogP contribution in [-0.2, 0) is 11.3 Å². The Morgan fingerprint density at radius 3 is 2.72 bits per heavy atom. The quantitative estimate of drug-likeness (QED) is 0.806. The molecular weight excluding hydrogens is 252 g/mol. The number of hydrogen-bond donors (Lipinski definition) is 2. The Bertz CT molecular complexity index is 537. The minimum atomic E-state index is -0.862. The lowest BCUT2D eigenvalue weighted by Gasteiger charge is -2.06. The molecule has 0 aliphatic rings. The highest BCUT2D eigenvalue weighted by Gasteiger charge is 2.06. The second-order valence-electron chi connectivity index (χ2n) is 3.69. The van der Waals surface area contributed by atoms with Crippen molar-refractivity contribution in [3.63, 3.8) is 0 Å². The van der Waals surface area contributed by atoms with Crippen LogP contribution in [0.3, 0.4) is 0 Å². The van der Waals surface area contributed by atoms with Gasteiger partial charge in [-0.15, -0.1) is 0 Å². The van der Waals surface area contributed by atoms with Gasteiger partial charge in [0.15, 0.2) is 5.16 Å². The van der Waals surface area contributed by atoms with Gasteiger partial charge in [-0.05, 0) is 17.7 Å². The normalized spacial score (nSPS) is 10.4. The third-order valence-electron chi connectivity index (χ3n) is 2.29. The number of thioether (sulfide) groups is 1. The smallest absolute Gasteiger partial charge is 0.313 e. The molecule has 0 unspecified atom stereocenters. The maximum Gasteiger partial charge on any atom is 0.313 e. The molecule has 0 radical (unpaired) electrons. The van der Waals surface area contributed by atoms with E-state index in [0.29, 0.717) is 11.7 Å². The Hall–Kier alpha value is -1.95. The van der Waals surface area contributed by atoms with E-state index in [4.69, 9.17) is 5.11 Å². The summed E-state index contributed by atoms with van der Waals surface area (Å²) in [4.78, 5) is 14.6. The van der Waals surface area contributed by atoms with Crippen LogP contribution in [0, 0.1) is 0 Å². The zero-order valence-corrected chi connectivity index (χ0v) is 10.3. The molecule has 1 aromatic carbocycles. The summed E-state index contributed by atoms with van der Waals surface area (Å²) in [6, 6.07) is 6.88. The molecule has 0 aliphatic heterocycles. The molecule has 2 N–H and O–H groups in total. The molecule has 0 fully saturated rings. The predicted octanol–water partition coefficient (Wildman–Crippen LogP) is 1.81. The molecule has 0 spiro atoms. The zero-order valence-electron chi connectivity index (χ0n) is 9.48. The first-order chi connectivity index (χ1) is 8.65. The largest absolute Gasteiger partial charge is 0.508 e. The van der Waals surface area contributed by atoms with E-state index < -0.39 is 5.97 Å². The van der Waals surface area contributed by atoms with Crippen molar-refractivity contribution in [3.05, 3.63) is 42.2 Å². The highest BCUT2D eigenvalue weighted by molar-refractivity contribution is 7.99. The highest BCUT2D eigenvalue weighted by atomic mass is 32.2. The molecule has 1 heterocycles. The first-order valence-electron chi connectivity index (χ1n) is 5.29. The van der Waals surface area contributed by atoms with Crippen molar-refractivity contribution < 1.29 is 15.0 Å². The number of phenolic OH excluding ortho intramolecular Hbond substituents is 1. The monoisotopic (exact) mass is 264 g/mol. The number of phenols is 1. The predicted molar refractivity (Wildman–Crippen MR) is 67.8 cm³/mol. The Morgan fingerprint density at radius 2 is 2.06 bits per heavy atom. The standard InChI is InChI=1S/C12H12N2O3S/c15-10-3-1-9(2-4-10)7-14-6-5-13-12(14)18-8-11(16)17/h1-6,15H,7-8H2,(H,16,17). The lowest BCUT2D eigenvalue weighted by molar-refractivity contribution is -0.133. The summed E-state index contributed by atoms with van der Waals surface area (Å²) in [6.45, 7) is 0.599. The van der Waals surface area contributed by atoms with Gasteiger partial charge < -0.3 is 14.8 Å². The summed E-state index contributed by atoms with van der Waals surface area (Å²) in [5.74, 6) is -0.642. The Labute approximate surface area is 108 Å². The molecular formula is C12H12N2O3S. The SMILES string of the molecule is O=C(O)CSc1nccn1Cc1ccc(O)cc1. The fourth-order valence-electron chi connectivity index (χ4n) is 1.48. The van der Waals surface area contributed by atoms with Crippen LogP contribution in [0.1, 0.15) is 5.56 Å². The van der Waals surface area contributed by atoms with E-state index in [-0.39, 0.29) is 11.5 Å². The van der Waals surface area contributed by atoms with E-state index in [2.05, 4.69) is 4.98 Å². The van der Waals surface area contributed by atoms with Crippen molar-refractivity contribution in [1.82, 2.24) is 9.55 Å². The average Bonchev–Trinajstić information content (AvgIpc) is 2.77. The van der Waals surface area contributed by atoms with Crippen molar-refractivity contribution >= 4 is 17.7 Å². The Kier molecular flexibility index (Phi) is 3.88. The summed E-state index contributed by atoms with van der Waals surface area (Å²) in [6.07, 6.45) is 3.45. The minimum absolute atomic E-state index is 0.00735. The van der Waals surface area contributed by atoms with Crippen molar-refractivity contribution in [1.29, 1.82) is 0 Å². The number of benzene rings is 1. The van der Waals surface area contributed by atoms with Gasteiger partial charge in [-0.1, -0.05) is 23.9 Å². The molecule has 94 valence electrons. The fourth-order valence-corrected chi connectivity index (χ4v) is 2.16. The zero-order chi connectivity index (χ0) is 13.0. The van der Waals surface area contributed by atoms with Gasteiger partial charge >= 0.3 is 5.97 Å². The summed E-state index contributed by atoms with van der Waals surface area (Å²) in [5.41, 5.74) is 1.02. The number of hydrogen-bond acceptors (Lipinski definition) is 4. The number of imidazole rings is 1. The van der Waals surface area contributed by atoms with E-state index in [1.54, 1.807) is 24.5 Å². The van der Waals surface area contributed by atoms with Gasteiger partial charge in [-0.3, -0.25) is 4.79 Å². The Morgan fingerprint density at radius 1 is 1.33 bits per heavy atom. The molecule has 5 nitrogen and oxygen atoms in total. The molecule has 0 aliphatic carbocycles. The molecule has 18 heavy (non-hydrogen) atoms. The van der Waals surface area contributed by atoms with Gasteiger partial charge in [-0.25, -0.2) is 4.98 Å². The van der Waals surface area contributed by atoms with Crippen LogP contribution in [0.25, 0.3) is 0 Å². The number of nitrogens with zero attached hydrogens (tertiary/aromatic N) is 2. The number of aromatic nitrogens is 2. The van der Waals surface area contributed by atoms with Crippen molar-refractivity contribution in [2.75, 3.05) is 5.75 Å². The highest BCUT2D eigenvalue weighted by Crippen LogP contribution is 2.18. The second kappa shape index (κ2) is 5.59. The fraction of sp³-hybridized carbons (Fsp3) is 0.167. The number of aromatic hydroxyl groups is 1. The van der Waals surface area contributed by atoms with Crippen LogP contribution in [0.15, 0.2) is 41.8 Å². The third kappa shape index (κ3) is 3.27. The van der Waals surface area contributed by atoms with Crippen LogP contribution >= 0.6 is 11.8 Å². The van der Waals surface area contributed by atoms with Gasteiger partial charge in [0.2, 0.25) is 0 Å². The van der Waals surface area contributed by atoms with Crippen molar-refractivity contribution in [2.24, 2.45) is 0 Å². The number of carboxylic acid groups (broad SMARTS) is 1. The van der Waals surface area contributed by atoms with E-state index in [1.165, 1.54) is 11.8 Å². The van der Waals surface area contributed by atoms with Gasteiger partial charge in [-0.2, -0.15) is 0 Å². The Balaban J connectivity index is 2.07. The second-order valence-corrected chi connectivity index (χ2v) is 4.63. The number of aliphatic carboxylic acids is 1. The maximum absolute atomic E-state index is 10.5. The van der Waals surface area contributed by atoms with Crippen LogP contribution in [-0.4, -0.2) is 31.5 Å². The average molecular weight is 264 g/mol. The van der Waals surface area contributed by atoms with Crippen molar-refractivity contribution in [2.45, 2.75) is 11.7 Å². The van der Waals surface area contributed by atoms with Gasteiger partial charge in [0.1, 0.15) is 5.75 Å². The molecule has 0 amide bonds. The first-order valence-corrected chi connectivity index (χ1v) is 6.27. The summed E-state index contributed by atoms with van der Waals surface area (Å²) in [5, 5.41) is 18.5. The van der Waals surface area contributed by atoms with Crippen LogP contribution in [0.2, 0.25) is 0 Å². The van der Waals surface area contributed by atoms with Gasteiger partial charge in [0, 0.05) is 18.9 Å². The molecule has 0 bridgehead atoms. The number of rotatable bonds is 5. The number of carbonyl (C=O) groups is 1. The van der Waals surface area contributed by atoms with E-state index in [1.807, 2.05) is 16.7 Å². The lowest BCUT2D eigenvalue weighted by Crippen LogP contribution is -2.03. The topological polar surface area (TPSA) is 75.3 Å². The molecule has 0 saturated carbocycles. The summed E-state index contributed by atoms with van der Waals surface area (Å²) < 4.78 is 1.87. The molecule has 0 saturated heterocycles. The lowest BCUT2D eigenvalue weighted by atomic mass is 10.2. The van der Waals surface area contributed by atoms with E-state index in [9.17, 15) is 9.90 Å². The molecule has 1 aromatic heterocycles. The van der Waals surface area contributed by atoms with Crippen LogP contribution < -0.4 is 0 Å². The molecule has 2 aromatic rings. The molecule has 6 heteroatoms.